The van der Waals surface area contributed by atoms with E-state index < -0.39 is 16.1 Å². The van der Waals surface area contributed by atoms with Gasteiger partial charge in [-0.2, -0.15) is 0 Å². The Bertz CT molecular complexity index is 529. The average Bonchev–Trinajstić information content (AvgIpc) is 2.29. The Labute approximate surface area is 119 Å². The fourth-order valence-corrected chi connectivity index (χ4v) is 3.57. The molecule has 0 radical (unpaired) electrons. The molecule has 0 saturated heterocycles. The molecule has 1 rings (SSSR count). The molecule has 1 aromatic rings. The minimum atomic E-state index is -3.61. The summed E-state index contributed by atoms with van der Waals surface area (Å²) >= 11 is 6.02. The largest absolute Gasteiger partial charge is 0.393 e. The highest BCUT2D eigenvalue weighted by atomic mass is 35.5. The zero-order valence-corrected chi connectivity index (χ0v) is 12.9. The molecule has 0 aromatic heterocycles. The fourth-order valence-electron chi connectivity index (χ4n) is 1.82. The van der Waals surface area contributed by atoms with Crippen LogP contribution in [0.15, 0.2) is 23.1 Å². The Balaban J connectivity index is 2.79. The number of sulfonamides is 1. The molecule has 0 aliphatic rings. The number of nitrogens with one attached hydrogen (secondary N) is 1. The number of hydrogen-bond donors (Lipinski definition) is 2. The second-order valence-corrected chi connectivity index (χ2v) is 7.04. The summed E-state index contributed by atoms with van der Waals surface area (Å²) in [6, 6.07) is 4.91. The molecule has 1 aromatic carbocycles. The van der Waals surface area contributed by atoms with Crippen LogP contribution < -0.4 is 4.72 Å². The van der Waals surface area contributed by atoms with Gasteiger partial charge in [0.2, 0.25) is 10.0 Å². The van der Waals surface area contributed by atoms with Crippen LogP contribution in [-0.4, -0.2) is 26.2 Å². The Morgan fingerprint density at radius 1 is 1.37 bits per heavy atom. The van der Waals surface area contributed by atoms with E-state index in [-0.39, 0.29) is 22.4 Å². The second-order valence-electron chi connectivity index (χ2n) is 4.93. The predicted octanol–water partition coefficient (Wildman–Crippen LogP) is 2.33. The Kier molecular flexibility index (Phi) is 5.80. The molecule has 2 N–H and O–H groups in total. The van der Waals surface area contributed by atoms with E-state index in [4.69, 9.17) is 11.6 Å². The van der Waals surface area contributed by atoms with Crippen LogP contribution >= 0.6 is 11.6 Å². The summed E-state index contributed by atoms with van der Waals surface area (Å²) in [5.74, 6) is 0.0540. The SMILES string of the molecule is Cc1cccc(S(=O)(=O)NCC(C)CC(C)O)c1Cl. The lowest BCUT2D eigenvalue weighted by Gasteiger charge is -2.15. The highest BCUT2D eigenvalue weighted by Gasteiger charge is 2.19. The second kappa shape index (κ2) is 6.70. The van der Waals surface area contributed by atoms with Crippen molar-refractivity contribution in [1.29, 1.82) is 0 Å². The molecule has 0 spiro atoms. The minimum Gasteiger partial charge on any atom is -0.393 e. The van der Waals surface area contributed by atoms with E-state index in [9.17, 15) is 13.5 Å². The number of aliphatic hydroxyl groups excluding tert-OH is 1. The number of rotatable bonds is 6. The smallest absolute Gasteiger partial charge is 0.242 e. The van der Waals surface area contributed by atoms with Gasteiger partial charge in [0.25, 0.3) is 0 Å². The van der Waals surface area contributed by atoms with Crippen molar-refractivity contribution in [2.24, 2.45) is 5.92 Å². The summed E-state index contributed by atoms with van der Waals surface area (Å²) in [7, 11) is -3.61. The van der Waals surface area contributed by atoms with Crippen LogP contribution in [0, 0.1) is 12.8 Å². The number of benzene rings is 1. The zero-order valence-electron chi connectivity index (χ0n) is 11.4. The van der Waals surface area contributed by atoms with E-state index in [1.165, 1.54) is 6.07 Å². The highest BCUT2D eigenvalue weighted by molar-refractivity contribution is 7.89. The van der Waals surface area contributed by atoms with Gasteiger partial charge in [-0.1, -0.05) is 30.7 Å². The summed E-state index contributed by atoms with van der Waals surface area (Å²) in [5.41, 5.74) is 0.724. The molecule has 0 aliphatic carbocycles. The zero-order chi connectivity index (χ0) is 14.6. The van der Waals surface area contributed by atoms with Gasteiger partial charge in [-0.3, -0.25) is 0 Å². The van der Waals surface area contributed by atoms with Gasteiger partial charge in [-0.25, -0.2) is 13.1 Å². The van der Waals surface area contributed by atoms with Gasteiger partial charge in [0.1, 0.15) is 4.90 Å². The van der Waals surface area contributed by atoms with Crippen LogP contribution in [0.2, 0.25) is 5.02 Å². The molecule has 2 atom stereocenters. The van der Waals surface area contributed by atoms with Crippen LogP contribution in [0.25, 0.3) is 0 Å². The molecule has 0 heterocycles. The number of aryl methyl sites for hydroxylation is 1. The molecule has 6 heteroatoms. The van der Waals surface area contributed by atoms with Gasteiger partial charge in [0, 0.05) is 6.54 Å². The number of halogens is 1. The van der Waals surface area contributed by atoms with Crippen molar-refractivity contribution >= 4 is 21.6 Å². The maximum Gasteiger partial charge on any atom is 0.242 e. The Hall–Kier alpha value is -0.620. The van der Waals surface area contributed by atoms with Crippen molar-refractivity contribution in [2.75, 3.05) is 6.54 Å². The van der Waals surface area contributed by atoms with Gasteiger partial charge in [0.05, 0.1) is 11.1 Å². The van der Waals surface area contributed by atoms with Gasteiger partial charge in [0.15, 0.2) is 0 Å². The normalized spacial score (nSPS) is 15.2. The van der Waals surface area contributed by atoms with Crippen molar-refractivity contribution < 1.29 is 13.5 Å². The van der Waals surface area contributed by atoms with E-state index >= 15 is 0 Å². The van der Waals surface area contributed by atoms with E-state index in [1.54, 1.807) is 26.0 Å². The van der Waals surface area contributed by atoms with Crippen molar-refractivity contribution in [1.82, 2.24) is 4.72 Å². The first kappa shape index (κ1) is 16.4. The lowest BCUT2D eigenvalue weighted by Crippen LogP contribution is -2.29. The molecule has 108 valence electrons. The van der Waals surface area contributed by atoms with E-state index in [2.05, 4.69) is 4.72 Å². The summed E-state index contributed by atoms with van der Waals surface area (Å²) in [6.45, 7) is 5.60. The highest BCUT2D eigenvalue weighted by Crippen LogP contribution is 2.24. The number of hydrogen-bond acceptors (Lipinski definition) is 3. The lowest BCUT2D eigenvalue weighted by molar-refractivity contribution is 0.165. The van der Waals surface area contributed by atoms with Crippen molar-refractivity contribution in [3.05, 3.63) is 28.8 Å². The first-order valence-corrected chi connectivity index (χ1v) is 8.03. The molecule has 0 bridgehead atoms. The maximum absolute atomic E-state index is 12.1. The van der Waals surface area contributed by atoms with Gasteiger partial charge < -0.3 is 5.11 Å². The van der Waals surface area contributed by atoms with Gasteiger partial charge >= 0.3 is 0 Å². The van der Waals surface area contributed by atoms with Crippen LogP contribution in [0.1, 0.15) is 25.8 Å². The van der Waals surface area contributed by atoms with Gasteiger partial charge in [-0.05, 0) is 37.8 Å². The van der Waals surface area contributed by atoms with Gasteiger partial charge in [-0.15, -0.1) is 0 Å². The number of aliphatic hydroxyl groups is 1. The van der Waals surface area contributed by atoms with Crippen LogP contribution in [0.5, 0.6) is 0 Å². The van der Waals surface area contributed by atoms with E-state index in [0.717, 1.165) is 5.56 Å². The third-order valence-corrected chi connectivity index (χ3v) is 4.89. The van der Waals surface area contributed by atoms with E-state index in [1.807, 2.05) is 6.92 Å². The van der Waals surface area contributed by atoms with Crippen molar-refractivity contribution in [3.8, 4) is 0 Å². The Morgan fingerprint density at radius 3 is 2.58 bits per heavy atom. The standard InChI is InChI=1S/C13H20ClNO3S/c1-9(7-11(3)16)8-15-19(17,18)12-6-4-5-10(2)13(12)14/h4-6,9,11,15-16H,7-8H2,1-3H3. The average molecular weight is 306 g/mol. The third-order valence-electron chi connectivity index (χ3n) is 2.81. The summed E-state index contributed by atoms with van der Waals surface area (Å²) in [5, 5.41) is 9.50. The molecule has 0 amide bonds. The third kappa shape index (κ3) is 4.76. The molecular formula is C13H20ClNO3S. The molecular weight excluding hydrogens is 286 g/mol. The van der Waals surface area contributed by atoms with Crippen LogP contribution in [-0.2, 0) is 10.0 Å². The molecule has 4 nitrogen and oxygen atoms in total. The predicted molar refractivity (Wildman–Crippen MR) is 76.8 cm³/mol. The van der Waals surface area contributed by atoms with Crippen LogP contribution in [0.4, 0.5) is 0 Å². The monoisotopic (exact) mass is 305 g/mol. The molecule has 0 aliphatic heterocycles. The molecule has 2 unspecified atom stereocenters. The summed E-state index contributed by atoms with van der Waals surface area (Å²) < 4.78 is 26.8. The lowest BCUT2D eigenvalue weighted by atomic mass is 10.1. The molecule has 0 saturated carbocycles. The van der Waals surface area contributed by atoms with Crippen molar-refractivity contribution in [2.45, 2.75) is 38.2 Å². The Morgan fingerprint density at radius 2 is 2.00 bits per heavy atom. The topological polar surface area (TPSA) is 66.4 Å². The fraction of sp³-hybridized carbons (Fsp3) is 0.538. The maximum atomic E-state index is 12.1. The van der Waals surface area contributed by atoms with Crippen LogP contribution in [0.3, 0.4) is 0 Å². The summed E-state index contributed by atoms with van der Waals surface area (Å²) in [6.07, 6.45) is 0.103. The first-order valence-electron chi connectivity index (χ1n) is 6.17. The minimum absolute atomic E-state index is 0.0540. The molecule has 0 fully saturated rings. The summed E-state index contributed by atoms with van der Waals surface area (Å²) in [4.78, 5) is 0.0958. The van der Waals surface area contributed by atoms with E-state index in [0.29, 0.717) is 6.42 Å². The van der Waals surface area contributed by atoms with Crippen molar-refractivity contribution in [3.63, 3.8) is 0 Å². The first-order chi connectivity index (χ1) is 8.74. The quantitative estimate of drug-likeness (QED) is 0.847. The molecule has 19 heavy (non-hydrogen) atoms.